The Hall–Kier alpha value is -0.290. The predicted octanol–water partition coefficient (Wildman–Crippen LogP) is 3.21. The standard InChI is InChI=1S/C9H8ClIO2/c1-2-5-7(10)4-3-6(8(5)11)9(12)13/h3-4H,2H2,1H3,(H,12,13). The topological polar surface area (TPSA) is 37.3 Å². The van der Waals surface area contributed by atoms with Crippen molar-refractivity contribution < 1.29 is 9.90 Å². The first-order valence-electron chi connectivity index (χ1n) is 3.78. The fourth-order valence-corrected chi connectivity index (χ4v) is 2.62. The monoisotopic (exact) mass is 310 g/mol. The van der Waals surface area contributed by atoms with Crippen LogP contribution in [0.25, 0.3) is 0 Å². The number of carboxylic acids is 1. The highest BCUT2D eigenvalue weighted by Crippen LogP contribution is 2.25. The Balaban J connectivity index is 3.35. The van der Waals surface area contributed by atoms with Gasteiger partial charge in [0.1, 0.15) is 0 Å². The maximum Gasteiger partial charge on any atom is 0.336 e. The van der Waals surface area contributed by atoms with Gasteiger partial charge in [-0.25, -0.2) is 4.79 Å². The van der Waals surface area contributed by atoms with Crippen LogP contribution in [-0.2, 0) is 6.42 Å². The van der Waals surface area contributed by atoms with E-state index in [0.717, 1.165) is 15.6 Å². The minimum Gasteiger partial charge on any atom is -0.478 e. The lowest BCUT2D eigenvalue weighted by Crippen LogP contribution is -2.02. The number of rotatable bonds is 2. The van der Waals surface area contributed by atoms with Crippen molar-refractivity contribution in [3.8, 4) is 0 Å². The normalized spacial score (nSPS) is 10.1. The molecule has 0 aliphatic heterocycles. The van der Waals surface area contributed by atoms with Crippen LogP contribution in [0.4, 0.5) is 0 Å². The van der Waals surface area contributed by atoms with E-state index in [4.69, 9.17) is 16.7 Å². The summed E-state index contributed by atoms with van der Waals surface area (Å²) in [7, 11) is 0. The van der Waals surface area contributed by atoms with E-state index < -0.39 is 5.97 Å². The Kier molecular flexibility index (Phi) is 3.55. The van der Waals surface area contributed by atoms with Crippen molar-refractivity contribution in [2.45, 2.75) is 13.3 Å². The van der Waals surface area contributed by atoms with Gasteiger partial charge in [0, 0.05) is 8.59 Å². The Labute approximate surface area is 95.0 Å². The lowest BCUT2D eigenvalue weighted by atomic mass is 10.1. The molecule has 0 bridgehead atoms. The molecular formula is C9H8ClIO2. The molecule has 13 heavy (non-hydrogen) atoms. The van der Waals surface area contributed by atoms with Gasteiger partial charge in [-0.3, -0.25) is 0 Å². The van der Waals surface area contributed by atoms with Crippen LogP contribution in [0.5, 0.6) is 0 Å². The molecule has 0 heterocycles. The SMILES string of the molecule is CCc1c(Cl)ccc(C(=O)O)c1I. The average molecular weight is 311 g/mol. The Morgan fingerprint density at radius 2 is 2.23 bits per heavy atom. The van der Waals surface area contributed by atoms with Crippen LogP contribution >= 0.6 is 34.2 Å². The summed E-state index contributed by atoms with van der Waals surface area (Å²) in [6.07, 6.45) is 0.748. The van der Waals surface area contributed by atoms with Crippen molar-refractivity contribution in [2.24, 2.45) is 0 Å². The summed E-state index contributed by atoms with van der Waals surface area (Å²) in [6, 6.07) is 3.16. The van der Waals surface area contributed by atoms with E-state index in [9.17, 15) is 4.79 Å². The fourth-order valence-electron chi connectivity index (χ4n) is 1.09. The van der Waals surface area contributed by atoms with Gasteiger partial charge in [0.15, 0.2) is 0 Å². The average Bonchev–Trinajstić information content (AvgIpc) is 2.04. The fraction of sp³-hybridized carbons (Fsp3) is 0.222. The van der Waals surface area contributed by atoms with Crippen molar-refractivity contribution in [3.05, 3.63) is 31.9 Å². The Bertz CT molecular complexity index is 350. The highest BCUT2D eigenvalue weighted by Gasteiger charge is 2.13. The first kappa shape index (κ1) is 10.8. The first-order valence-corrected chi connectivity index (χ1v) is 5.23. The van der Waals surface area contributed by atoms with Gasteiger partial charge in [0.2, 0.25) is 0 Å². The van der Waals surface area contributed by atoms with Crippen LogP contribution in [0.1, 0.15) is 22.8 Å². The number of benzene rings is 1. The van der Waals surface area contributed by atoms with Crippen LogP contribution in [0.3, 0.4) is 0 Å². The molecule has 70 valence electrons. The Morgan fingerprint density at radius 3 is 2.69 bits per heavy atom. The second-order valence-electron chi connectivity index (χ2n) is 2.55. The molecule has 0 unspecified atom stereocenters. The molecule has 0 aliphatic carbocycles. The largest absolute Gasteiger partial charge is 0.478 e. The smallest absolute Gasteiger partial charge is 0.336 e. The maximum atomic E-state index is 10.8. The van der Waals surface area contributed by atoms with Crippen molar-refractivity contribution in [1.29, 1.82) is 0 Å². The number of aromatic carboxylic acids is 1. The zero-order valence-corrected chi connectivity index (χ0v) is 9.89. The Morgan fingerprint density at radius 1 is 1.62 bits per heavy atom. The van der Waals surface area contributed by atoms with Gasteiger partial charge in [-0.15, -0.1) is 0 Å². The van der Waals surface area contributed by atoms with Crippen LogP contribution in [-0.4, -0.2) is 11.1 Å². The van der Waals surface area contributed by atoms with Gasteiger partial charge in [0.05, 0.1) is 5.56 Å². The van der Waals surface area contributed by atoms with Gasteiger partial charge in [-0.2, -0.15) is 0 Å². The number of carboxylic acid groups (broad SMARTS) is 1. The van der Waals surface area contributed by atoms with Gasteiger partial charge in [0.25, 0.3) is 0 Å². The molecule has 0 amide bonds. The molecule has 1 rings (SSSR count). The number of hydrogen-bond donors (Lipinski definition) is 1. The summed E-state index contributed by atoms with van der Waals surface area (Å²) in [5.74, 6) is -0.907. The van der Waals surface area contributed by atoms with E-state index in [2.05, 4.69) is 0 Å². The van der Waals surface area contributed by atoms with Crippen molar-refractivity contribution in [3.63, 3.8) is 0 Å². The van der Waals surface area contributed by atoms with Crippen molar-refractivity contribution in [2.75, 3.05) is 0 Å². The van der Waals surface area contributed by atoms with Gasteiger partial charge < -0.3 is 5.11 Å². The zero-order chi connectivity index (χ0) is 10.0. The third-order valence-corrected chi connectivity index (χ3v) is 3.36. The zero-order valence-electron chi connectivity index (χ0n) is 6.97. The first-order chi connectivity index (χ1) is 6.07. The molecule has 1 aromatic carbocycles. The van der Waals surface area contributed by atoms with Crippen LogP contribution in [0.15, 0.2) is 12.1 Å². The summed E-state index contributed by atoms with van der Waals surface area (Å²) < 4.78 is 0.736. The molecule has 0 radical (unpaired) electrons. The van der Waals surface area contributed by atoms with E-state index >= 15 is 0 Å². The molecule has 1 N–H and O–H groups in total. The summed E-state index contributed by atoms with van der Waals surface area (Å²) in [5.41, 5.74) is 1.23. The summed E-state index contributed by atoms with van der Waals surface area (Å²) in [5, 5.41) is 9.46. The third kappa shape index (κ3) is 2.14. The second kappa shape index (κ2) is 4.28. The highest BCUT2D eigenvalue weighted by atomic mass is 127. The molecule has 0 aromatic heterocycles. The van der Waals surface area contributed by atoms with Crippen LogP contribution < -0.4 is 0 Å². The van der Waals surface area contributed by atoms with E-state index in [1.54, 1.807) is 6.07 Å². The molecule has 0 atom stereocenters. The minimum atomic E-state index is -0.907. The third-order valence-electron chi connectivity index (χ3n) is 1.77. The maximum absolute atomic E-state index is 10.8. The van der Waals surface area contributed by atoms with E-state index in [1.165, 1.54) is 6.07 Å². The van der Waals surface area contributed by atoms with E-state index in [0.29, 0.717) is 10.6 Å². The van der Waals surface area contributed by atoms with Crippen LogP contribution in [0, 0.1) is 3.57 Å². The molecular weight excluding hydrogens is 302 g/mol. The number of carbonyl (C=O) groups is 1. The molecule has 0 saturated carbocycles. The molecule has 1 aromatic rings. The number of halogens is 2. The van der Waals surface area contributed by atoms with E-state index in [-0.39, 0.29) is 0 Å². The predicted molar refractivity (Wildman–Crippen MR) is 60.5 cm³/mol. The van der Waals surface area contributed by atoms with Gasteiger partial charge in [-0.05, 0) is 46.7 Å². The number of hydrogen-bond acceptors (Lipinski definition) is 1. The molecule has 0 fully saturated rings. The molecule has 2 nitrogen and oxygen atoms in total. The molecule has 0 saturated heterocycles. The van der Waals surface area contributed by atoms with Gasteiger partial charge in [-0.1, -0.05) is 18.5 Å². The molecule has 0 aliphatic rings. The van der Waals surface area contributed by atoms with Gasteiger partial charge >= 0.3 is 5.97 Å². The molecule has 0 spiro atoms. The summed E-state index contributed by atoms with van der Waals surface area (Å²) >= 11 is 7.93. The van der Waals surface area contributed by atoms with E-state index in [1.807, 2.05) is 29.5 Å². The quantitative estimate of drug-likeness (QED) is 0.852. The van der Waals surface area contributed by atoms with Crippen molar-refractivity contribution >= 4 is 40.2 Å². The molecule has 4 heteroatoms. The summed E-state index contributed by atoms with van der Waals surface area (Å²) in [4.78, 5) is 10.8. The highest BCUT2D eigenvalue weighted by molar-refractivity contribution is 14.1. The van der Waals surface area contributed by atoms with Crippen LogP contribution in [0.2, 0.25) is 5.02 Å². The second-order valence-corrected chi connectivity index (χ2v) is 4.03. The lowest BCUT2D eigenvalue weighted by Gasteiger charge is -2.06. The van der Waals surface area contributed by atoms with Crippen molar-refractivity contribution in [1.82, 2.24) is 0 Å². The lowest BCUT2D eigenvalue weighted by molar-refractivity contribution is 0.0695. The minimum absolute atomic E-state index is 0.321. The summed E-state index contributed by atoms with van der Waals surface area (Å²) in [6.45, 7) is 1.95.